The number of anilines is 1. The Morgan fingerprint density at radius 3 is 2.53 bits per heavy atom. The molecule has 2 aromatic rings. The SMILES string of the molecule is CNC(C(C=O)c1ccc(F)cc1)N1CCN(c2ncnc3c2[C@H](C)C[C@H]3O)CC1. The van der Waals surface area contributed by atoms with E-state index in [0.717, 1.165) is 55.1 Å². The van der Waals surface area contributed by atoms with Crippen molar-refractivity contribution in [1.82, 2.24) is 20.2 Å². The van der Waals surface area contributed by atoms with E-state index in [2.05, 4.69) is 32.0 Å². The number of likely N-dealkylation sites (N-methyl/N-ethyl adjacent to an activating group) is 1. The van der Waals surface area contributed by atoms with Gasteiger partial charge in [-0.15, -0.1) is 0 Å². The fourth-order valence-corrected chi connectivity index (χ4v) is 4.78. The Kier molecular flexibility index (Phi) is 6.08. The molecule has 1 fully saturated rings. The number of aliphatic hydroxyl groups excluding tert-OH is 1. The molecule has 7 nitrogen and oxygen atoms in total. The van der Waals surface area contributed by atoms with Crippen molar-refractivity contribution in [3.63, 3.8) is 0 Å². The molecule has 2 N–H and O–H groups in total. The lowest BCUT2D eigenvalue weighted by Gasteiger charge is -2.42. The summed E-state index contributed by atoms with van der Waals surface area (Å²) in [7, 11) is 1.84. The molecule has 160 valence electrons. The first-order valence-corrected chi connectivity index (χ1v) is 10.4. The number of piperazine rings is 1. The second-order valence-electron chi connectivity index (χ2n) is 8.12. The van der Waals surface area contributed by atoms with Crippen LogP contribution in [0, 0.1) is 5.82 Å². The summed E-state index contributed by atoms with van der Waals surface area (Å²) >= 11 is 0. The average molecular weight is 413 g/mol. The van der Waals surface area contributed by atoms with E-state index >= 15 is 0 Å². The van der Waals surface area contributed by atoms with Crippen LogP contribution in [0.4, 0.5) is 10.2 Å². The van der Waals surface area contributed by atoms with Crippen molar-refractivity contribution >= 4 is 12.1 Å². The highest BCUT2D eigenvalue weighted by Crippen LogP contribution is 2.42. The summed E-state index contributed by atoms with van der Waals surface area (Å²) in [6, 6.07) is 6.13. The lowest BCUT2D eigenvalue weighted by Crippen LogP contribution is -2.56. The van der Waals surface area contributed by atoms with E-state index in [1.807, 2.05) is 7.05 Å². The van der Waals surface area contributed by atoms with Gasteiger partial charge in [0.2, 0.25) is 0 Å². The lowest BCUT2D eigenvalue weighted by molar-refractivity contribution is -0.110. The fraction of sp³-hybridized carbons (Fsp3) is 0.500. The molecule has 2 aliphatic rings. The monoisotopic (exact) mass is 413 g/mol. The molecule has 1 saturated heterocycles. The number of fused-ring (bicyclic) bond motifs is 1. The molecule has 2 unspecified atom stereocenters. The van der Waals surface area contributed by atoms with Crippen LogP contribution >= 0.6 is 0 Å². The standard InChI is InChI=1S/C22H28FN5O2/c1-14-11-18(30)20-19(14)22(26-13-25-20)28-9-7-27(8-10-28)21(24-2)17(12-29)15-3-5-16(23)6-4-15/h3-6,12-14,17-18,21,24,30H,7-11H2,1-2H3/t14-,17?,18-,21?/m1/s1. The highest BCUT2D eigenvalue weighted by atomic mass is 19.1. The van der Waals surface area contributed by atoms with E-state index in [0.29, 0.717) is 6.42 Å². The molecule has 0 radical (unpaired) electrons. The normalized spacial score (nSPS) is 23.8. The maximum Gasteiger partial charge on any atom is 0.135 e. The predicted octanol–water partition coefficient (Wildman–Crippen LogP) is 1.81. The Hall–Kier alpha value is -2.42. The summed E-state index contributed by atoms with van der Waals surface area (Å²) in [5, 5.41) is 13.5. The van der Waals surface area contributed by atoms with Crippen molar-refractivity contribution in [2.45, 2.75) is 37.5 Å². The van der Waals surface area contributed by atoms with Gasteiger partial charge in [0.15, 0.2) is 0 Å². The highest BCUT2D eigenvalue weighted by molar-refractivity contribution is 5.63. The van der Waals surface area contributed by atoms with Crippen LogP contribution in [0.1, 0.15) is 48.1 Å². The second kappa shape index (κ2) is 8.75. The molecule has 0 amide bonds. The van der Waals surface area contributed by atoms with E-state index in [-0.39, 0.29) is 23.8 Å². The Balaban J connectivity index is 1.49. The molecule has 0 spiro atoms. The number of rotatable bonds is 6. The van der Waals surface area contributed by atoms with Gasteiger partial charge in [0.1, 0.15) is 24.2 Å². The van der Waals surface area contributed by atoms with Gasteiger partial charge < -0.3 is 20.1 Å². The van der Waals surface area contributed by atoms with Crippen molar-refractivity contribution < 1.29 is 14.3 Å². The molecule has 2 heterocycles. The highest BCUT2D eigenvalue weighted by Gasteiger charge is 2.35. The number of nitrogens with one attached hydrogen (secondary N) is 1. The minimum absolute atomic E-state index is 0.174. The maximum atomic E-state index is 13.3. The van der Waals surface area contributed by atoms with Gasteiger partial charge in [0.05, 0.1) is 23.9 Å². The molecule has 0 saturated carbocycles. The summed E-state index contributed by atoms with van der Waals surface area (Å²) in [6.07, 6.45) is 2.46. The van der Waals surface area contributed by atoms with Crippen molar-refractivity contribution in [1.29, 1.82) is 0 Å². The van der Waals surface area contributed by atoms with E-state index in [1.165, 1.54) is 18.5 Å². The quantitative estimate of drug-likeness (QED) is 0.699. The number of carbonyl (C=O) groups is 1. The Morgan fingerprint density at radius 2 is 1.90 bits per heavy atom. The summed E-state index contributed by atoms with van der Waals surface area (Å²) in [5.41, 5.74) is 2.60. The number of benzene rings is 1. The van der Waals surface area contributed by atoms with Crippen LogP contribution in [-0.4, -0.2) is 65.7 Å². The molecule has 1 aromatic heterocycles. The van der Waals surface area contributed by atoms with Gasteiger partial charge >= 0.3 is 0 Å². The summed E-state index contributed by atoms with van der Waals surface area (Å²) in [4.78, 5) is 25.2. The molecule has 1 aliphatic carbocycles. The second-order valence-corrected chi connectivity index (χ2v) is 8.12. The van der Waals surface area contributed by atoms with Crippen molar-refractivity contribution in [2.24, 2.45) is 0 Å². The largest absolute Gasteiger partial charge is 0.387 e. The number of hydrogen-bond acceptors (Lipinski definition) is 7. The van der Waals surface area contributed by atoms with Gasteiger partial charge in [-0.05, 0) is 37.1 Å². The third kappa shape index (κ3) is 3.82. The van der Waals surface area contributed by atoms with Crippen molar-refractivity contribution in [3.05, 3.63) is 53.2 Å². The third-order valence-electron chi connectivity index (χ3n) is 6.32. The van der Waals surface area contributed by atoms with E-state index in [4.69, 9.17) is 0 Å². The number of nitrogens with zero attached hydrogens (tertiary/aromatic N) is 4. The molecule has 4 rings (SSSR count). The van der Waals surface area contributed by atoms with Gasteiger partial charge in [-0.2, -0.15) is 0 Å². The molecular weight excluding hydrogens is 385 g/mol. The van der Waals surface area contributed by atoms with Crippen molar-refractivity contribution in [2.75, 3.05) is 38.1 Å². The number of halogens is 1. The fourth-order valence-electron chi connectivity index (χ4n) is 4.78. The van der Waals surface area contributed by atoms with Crippen LogP contribution in [0.15, 0.2) is 30.6 Å². The zero-order valence-electron chi connectivity index (χ0n) is 17.3. The van der Waals surface area contributed by atoms with Crippen LogP contribution in [0.5, 0.6) is 0 Å². The Morgan fingerprint density at radius 1 is 1.20 bits per heavy atom. The first kappa shape index (κ1) is 20.8. The molecular formula is C22H28FN5O2. The van der Waals surface area contributed by atoms with Gasteiger partial charge in [0.25, 0.3) is 0 Å². The third-order valence-corrected chi connectivity index (χ3v) is 6.32. The van der Waals surface area contributed by atoms with Crippen LogP contribution in [0.2, 0.25) is 0 Å². The topological polar surface area (TPSA) is 81.6 Å². The van der Waals surface area contributed by atoms with Crippen LogP contribution in [-0.2, 0) is 4.79 Å². The van der Waals surface area contributed by atoms with Gasteiger partial charge in [-0.3, -0.25) is 4.90 Å². The Labute approximate surface area is 175 Å². The molecule has 30 heavy (non-hydrogen) atoms. The van der Waals surface area contributed by atoms with E-state index in [1.54, 1.807) is 12.1 Å². The number of aliphatic hydroxyl groups is 1. The smallest absolute Gasteiger partial charge is 0.135 e. The number of aldehydes is 1. The number of aromatic nitrogens is 2. The molecule has 1 aliphatic heterocycles. The molecule has 1 aromatic carbocycles. The predicted molar refractivity (Wildman–Crippen MR) is 112 cm³/mol. The average Bonchev–Trinajstić information content (AvgIpc) is 3.07. The first-order valence-electron chi connectivity index (χ1n) is 10.4. The lowest BCUT2D eigenvalue weighted by atomic mass is 9.96. The van der Waals surface area contributed by atoms with E-state index < -0.39 is 6.10 Å². The van der Waals surface area contributed by atoms with Crippen LogP contribution in [0.25, 0.3) is 0 Å². The van der Waals surface area contributed by atoms with E-state index in [9.17, 15) is 14.3 Å². The van der Waals surface area contributed by atoms with Crippen molar-refractivity contribution in [3.8, 4) is 0 Å². The maximum absolute atomic E-state index is 13.3. The molecule has 0 bridgehead atoms. The first-order chi connectivity index (χ1) is 14.5. The zero-order chi connectivity index (χ0) is 21.3. The summed E-state index contributed by atoms with van der Waals surface area (Å²) in [6.45, 7) is 5.14. The van der Waals surface area contributed by atoms with Gasteiger partial charge in [-0.25, -0.2) is 14.4 Å². The van der Waals surface area contributed by atoms with Crippen LogP contribution < -0.4 is 10.2 Å². The number of hydrogen-bond donors (Lipinski definition) is 2. The number of carbonyl (C=O) groups excluding carboxylic acids is 1. The Bertz CT molecular complexity index is 886. The minimum Gasteiger partial charge on any atom is -0.387 e. The van der Waals surface area contributed by atoms with Gasteiger partial charge in [-0.1, -0.05) is 19.1 Å². The molecule has 8 heteroatoms. The van der Waals surface area contributed by atoms with Crippen LogP contribution in [0.3, 0.4) is 0 Å². The summed E-state index contributed by atoms with van der Waals surface area (Å²) < 4.78 is 13.3. The summed E-state index contributed by atoms with van der Waals surface area (Å²) in [5.74, 6) is 0.442. The van der Waals surface area contributed by atoms with Gasteiger partial charge in [0, 0.05) is 31.7 Å². The minimum atomic E-state index is -0.518. The molecule has 4 atom stereocenters. The zero-order valence-corrected chi connectivity index (χ0v) is 17.3.